The minimum absolute atomic E-state index is 0.0947. The fourth-order valence-corrected chi connectivity index (χ4v) is 5.54. The van der Waals surface area contributed by atoms with Gasteiger partial charge in [-0.3, -0.25) is 0 Å². The van der Waals surface area contributed by atoms with Crippen LogP contribution in [-0.4, -0.2) is 55.0 Å². The summed E-state index contributed by atoms with van der Waals surface area (Å²) in [5.41, 5.74) is 0. The first kappa shape index (κ1) is 18.8. The van der Waals surface area contributed by atoms with Crippen LogP contribution in [0.3, 0.4) is 0 Å². The van der Waals surface area contributed by atoms with E-state index in [1.165, 1.54) is 25.7 Å². The van der Waals surface area contributed by atoms with Crippen molar-refractivity contribution >= 4 is 0 Å². The summed E-state index contributed by atoms with van der Waals surface area (Å²) < 4.78 is 38.1. The summed E-state index contributed by atoms with van der Waals surface area (Å²) in [4.78, 5) is 0. The fourth-order valence-electron chi connectivity index (χ4n) is 5.54. The second-order valence-electron chi connectivity index (χ2n) is 9.23. The molecule has 3 heterocycles. The van der Waals surface area contributed by atoms with Crippen LogP contribution in [0.25, 0.3) is 0 Å². The largest absolute Gasteiger partial charge is 0.370 e. The van der Waals surface area contributed by atoms with Crippen LogP contribution in [0.2, 0.25) is 0 Å². The molecular weight excluding hydrogens is 348 g/mol. The Morgan fingerprint density at radius 2 is 1.44 bits per heavy atom. The van der Waals surface area contributed by atoms with Crippen LogP contribution in [0.15, 0.2) is 0 Å². The third-order valence-corrected chi connectivity index (χ3v) is 6.79. The van der Waals surface area contributed by atoms with E-state index in [0.29, 0.717) is 6.61 Å². The Morgan fingerprint density at radius 3 is 2.11 bits per heavy atom. The van der Waals surface area contributed by atoms with Gasteiger partial charge >= 0.3 is 0 Å². The molecule has 154 valence electrons. The van der Waals surface area contributed by atoms with Crippen LogP contribution in [-0.2, 0) is 28.4 Å². The van der Waals surface area contributed by atoms with E-state index in [1.54, 1.807) is 0 Å². The van der Waals surface area contributed by atoms with Gasteiger partial charge in [0.2, 0.25) is 0 Å². The van der Waals surface area contributed by atoms with Gasteiger partial charge in [0.05, 0.1) is 12.7 Å². The van der Waals surface area contributed by atoms with Crippen LogP contribution in [0.5, 0.6) is 0 Å². The minimum Gasteiger partial charge on any atom is -0.370 e. The molecule has 5 fully saturated rings. The van der Waals surface area contributed by atoms with Gasteiger partial charge in [0.25, 0.3) is 0 Å². The van der Waals surface area contributed by atoms with Crippen molar-refractivity contribution in [1.29, 1.82) is 0 Å². The van der Waals surface area contributed by atoms with Gasteiger partial charge in [-0.1, -0.05) is 12.8 Å². The maximum Gasteiger partial charge on any atom is 0.190 e. The van der Waals surface area contributed by atoms with Gasteiger partial charge in [0.1, 0.15) is 24.4 Å². The standard InChI is InChI=1S/C21H34O6/c1-14(2)23-17-16(15-13-22-20(25-15)9-5-3-6-10-20)24-19-18(17)26-21(27-19)11-7-4-8-12-21/h14-19H,3-13H2,1-2H3/t15-,16-,17+,18+,19-/m0/s1. The highest BCUT2D eigenvalue weighted by atomic mass is 16.9. The second-order valence-corrected chi connectivity index (χ2v) is 9.23. The van der Waals surface area contributed by atoms with Crippen molar-refractivity contribution in [2.24, 2.45) is 0 Å². The topological polar surface area (TPSA) is 55.4 Å². The number of hydrogen-bond donors (Lipinski definition) is 0. The van der Waals surface area contributed by atoms with Gasteiger partial charge in [-0.05, 0) is 39.5 Å². The Labute approximate surface area is 162 Å². The molecule has 0 bridgehead atoms. The molecule has 0 aromatic rings. The molecule has 0 aromatic carbocycles. The smallest absolute Gasteiger partial charge is 0.190 e. The highest BCUT2D eigenvalue weighted by Crippen LogP contribution is 2.48. The summed E-state index contributed by atoms with van der Waals surface area (Å²) in [5, 5.41) is 0. The summed E-state index contributed by atoms with van der Waals surface area (Å²) in [6, 6.07) is 0. The van der Waals surface area contributed by atoms with Crippen molar-refractivity contribution in [3.63, 3.8) is 0 Å². The molecule has 6 nitrogen and oxygen atoms in total. The summed E-state index contributed by atoms with van der Waals surface area (Å²) >= 11 is 0. The molecule has 27 heavy (non-hydrogen) atoms. The van der Waals surface area contributed by atoms with Crippen molar-refractivity contribution in [1.82, 2.24) is 0 Å². The average Bonchev–Trinajstić information content (AvgIpc) is 3.29. The lowest BCUT2D eigenvalue weighted by Crippen LogP contribution is -2.46. The van der Waals surface area contributed by atoms with Crippen LogP contribution in [0.1, 0.15) is 78.1 Å². The Kier molecular flexibility index (Phi) is 5.02. The first-order valence-electron chi connectivity index (χ1n) is 11.1. The Balaban J connectivity index is 1.30. The van der Waals surface area contributed by atoms with E-state index in [0.717, 1.165) is 38.5 Å². The zero-order valence-electron chi connectivity index (χ0n) is 16.7. The molecule has 5 aliphatic rings. The van der Waals surface area contributed by atoms with Gasteiger partial charge in [-0.2, -0.15) is 0 Å². The maximum atomic E-state index is 6.49. The summed E-state index contributed by atoms with van der Waals surface area (Å²) in [7, 11) is 0. The van der Waals surface area contributed by atoms with E-state index < -0.39 is 11.6 Å². The molecule has 0 radical (unpaired) electrons. The maximum absolute atomic E-state index is 6.49. The van der Waals surface area contributed by atoms with E-state index in [9.17, 15) is 0 Å². The SMILES string of the molecule is CC(C)O[C@@H]1[C@H]([C@@H]2COC3(CCCCC3)O2)O[C@H]2OC3(CCCCC3)O[C@@H]21. The van der Waals surface area contributed by atoms with Crippen molar-refractivity contribution in [3.8, 4) is 0 Å². The monoisotopic (exact) mass is 382 g/mol. The molecule has 3 saturated heterocycles. The quantitative estimate of drug-likeness (QED) is 0.743. The summed E-state index contributed by atoms with van der Waals surface area (Å²) in [6.07, 6.45) is 10.1. The molecule has 2 saturated carbocycles. The second kappa shape index (κ2) is 7.22. The van der Waals surface area contributed by atoms with Crippen LogP contribution in [0, 0.1) is 0 Å². The van der Waals surface area contributed by atoms with Crippen molar-refractivity contribution < 1.29 is 28.4 Å². The van der Waals surface area contributed by atoms with Crippen molar-refractivity contribution in [2.75, 3.05) is 6.61 Å². The molecule has 2 aliphatic carbocycles. The molecular formula is C21H34O6. The molecule has 5 rings (SSSR count). The zero-order chi connectivity index (χ0) is 18.5. The third kappa shape index (κ3) is 3.47. The minimum atomic E-state index is -0.464. The molecule has 5 atom stereocenters. The van der Waals surface area contributed by atoms with Crippen LogP contribution in [0.4, 0.5) is 0 Å². The third-order valence-electron chi connectivity index (χ3n) is 6.79. The first-order valence-corrected chi connectivity index (χ1v) is 11.1. The van der Waals surface area contributed by atoms with E-state index in [-0.39, 0.29) is 36.8 Å². The molecule has 0 amide bonds. The van der Waals surface area contributed by atoms with Gasteiger partial charge in [0.15, 0.2) is 17.9 Å². The number of hydrogen-bond acceptors (Lipinski definition) is 6. The van der Waals surface area contributed by atoms with Gasteiger partial charge in [-0.25, -0.2) is 0 Å². The number of fused-ring (bicyclic) bond motifs is 1. The number of rotatable bonds is 3. The lowest BCUT2D eigenvalue weighted by molar-refractivity contribution is -0.264. The van der Waals surface area contributed by atoms with Crippen LogP contribution >= 0.6 is 0 Å². The predicted octanol–water partition coefficient (Wildman–Crippen LogP) is 3.66. The molecule has 0 N–H and O–H groups in total. The zero-order valence-corrected chi connectivity index (χ0v) is 16.7. The van der Waals surface area contributed by atoms with E-state index in [4.69, 9.17) is 28.4 Å². The highest BCUT2D eigenvalue weighted by Gasteiger charge is 2.61. The molecule has 0 unspecified atom stereocenters. The van der Waals surface area contributed by atoms with E-state index in [2.05, 4.69) is 13.8 Å². The van der Waals surface area contributed by atoms with Gasteiger partial charge in [-0.15, -0.1) is 0 Å². The molecule has 2 spiro atoms. The van der Waals surface area contributed by atoms with E-state index >= 15 is 0 Å². The fraction of sp³-hybridized carbons (Fsp3) is 1.00. The van der Waals surface area contributed by atoms with Gasteiger partial charge in [0, 0.05) is 25.7 Å². The molecule has 6 heteroatoms. The van der Waals surface area contributed by atoms with Crippen molar-refractivity contribution in [3.05, 3.63) is 0 Å². The summed E-state index contributed by atoms with van der Waals surface area (Å²) in [5.74, 6) is -0.868. The predicted molar refractivity (Wildman–Crippen MR) is 97.1 cm³/mol. The number of ether oxygens (including phenoxy) is 6. The van der Waals surface area contributed by atoms with E-state index in [1.807, 2.05) is 0 Å². The highest BCUT2D eigenvalue weighted by molar-refractivity contribution is 5.01. The summed E-state index contributed by atoms with van der Waals surface area (Å²) in [6.45, 7) is 4.68. The molecule has 0 aromatic heterocycles. The first-order chi connectivity index (χ1) is 13.1. The normalized spacial score (nSPS) is 43.0. The lowest BCUT2D eigenvalue weighted by atomic mass is 9.94. The Hall–Kier alpha value is -0.240. The average molecular weight is 382 g/mol. The van der Waals surface area contributed by atoms with Crippen molar-refractivity contribution in [2.45, 2.75) is 126 Å². The Bertz CT molecular complexity index is 525. The Morgan fingerprint density at radius 1 is 0.778 bits per heavy atom. The van der Waals surface area contributed by atoms with Gasteiger partial charge < -0.3 is 28.4 Å². The lowest BCUT2D eigenvalue weighted by Gasteiger charge is -2.36. The van der Waals surface area contributed by atoms with Crippen LogP contribution < -0.4 is 0 Å². The molecule has 3 aliphatic heterocycles.